The third kappa shape index (κ3) is 1.61. The highest BCUT2D eigenvalue weighted by molar-refractivity contribution is 6.07. The topological polar surface area (TPSA) is 41.8 Å². The van der Waals surface area contributed by atoms with Crippen LogP contribution in [-0.2, 0) is 0 Å². The summed E-state index contributed by atoms with van der Waals surface area (Å²) in [7, 11) is 0. The summed E-state index contributed by atoms with van der Waals surface area (Å²) in [5.41, 5.74) is 9.40. The molecule has 0 spiro atoms. The maximum atomic E-state index is 5.71. The SMILES string of the molecule is CC(CN)c1ccc2c(c1)[nH]c1ccccc12. The van der Waals surface area contributed by atoms with Crippen molar-refractivity contribution < 1.29 is 0 Å². The molecule has 0 aliphatic rings. The number of benzene rings is 2. The third-order valence-electron chi connectivity index (χ3n) is 3.45. The van der Waals surface area contributed by atoms with Crippen LogP contribution in [0.1, 0.15) is 18.4 Å². The van der Waals surface area contributed by atoms with E-state index in [4.69, 9.17) is 5.73 Å². The molecule has 1 unspecified atom stereocenters. The lowest BCUT2D eigenvalue weighted by molar-refractivity contribution is 0.775. The van der Waals surface area contributed by atoms with Crippen molar-refractivity contribution in [3.8, 4) is 0 Å². The van der Waals surface area contributed by atoms with Gasteiger partial charge >= 0.3 is 0 Å². The van der Waals surface area contributed by atoms with Crippen molar-refractivity contribution in [3.63, 3.8) is 0 Å². The number of nitrogens with two attached hydrogens (primary N) is 1. The second-order valence-electron chi connectivity index (χ2n) is 4.61. The van der Waals surface area contributed by atoms with Crippen molar-refractivity contribution in [1.29, 1.82) is 0 Å². The number of rotatable bonds is 2. The Hall–Kier alpha value is -1.80. The van der Waals surface area contributed by atoms with E-state index in [2.05, 4.69) is 54.4 Å². The maximum absolute atomic E-state index is 5.71. The van der Waals surface area contributed by atoms with E-state index in [1.165, 1.54) is 27.4 Å². The molecule has 0 radical (unpaired) electrons. The third-order valence-corrected chi connectivity index (χ3v) is 3.45. The minimum absolute atomic E-state index is 0.408. The second-order valence-corrected chi connectivity index (χ2v) is 4.61. The predicted octanol–water partition coefficient (Wildman–Crippen LogP) is 3.38. The number of hydrogen-bond acceptors (Lipinski definition) is 1. The Balaban J connectivity index is 2.26. The van der Waals surface area contributed by atoms with Gasteiger partial charge in [-0.05, 0) is 30.2 Å². The Bertz CT molecular complexity index is 667. The first kappa shape index (κ1) is 10.4. The number of H-pyrrole nitrogens is 1. The van der Waals surface area contributed by atoms with E-state index in [1.807, 2.05) is 0 Å². The molecule has 0 saturated heterocycles. The van der Waals surface area contributed by atoms with Gasteiger partial charge in [0.15, 0.2) is 0 Å². The van der Waals surface area contributed by atoms with Crippen LogP contribution in [0.5, 0.6) is 0 Å². The second kappa shape index (κ2) is 3.90. The molecule has 0 fully saturated rings. The highest BCUT2D eigenvalue weighted by Crippen LogP contribution is 2.27. The molecule has 86 valence electrons. The lowest BCUT2D eigenvalue weighted by atomic mass is 10.00. The summed E-state index contributed by atoms with van der Waals surface area (Å²) in [5.74, 6) is 0.408. The van der Waals surface area contributed by atoms with E-state index < -0.39 is 0 Å². The largest absolute Gasteiger partial charge is 0.355 e. The Kier molecular flexibility index (Phi) is 2.37. The van der Waals surface area contributed by atoms with E-state index in [0.717, 1.165) is 0 Å². The number of aromatic amines is 1. The molecule has 2 heteroatoms. The van der Waals surface area contributed by atoms with Gasteiger partial charge in [-0.3, -0.25) is 0 Å². The van der Waals surface area contributed by atoms with Crippen LogP contribution in [0.15, 0.2) is 42.5 Å². The van der Waals surface area contributed by atoms with Crippen molar-refractivity contribution in [2.45, 2.75) is 12.8 Å². The van der Waals surface area contributed by atoms with E-state index in [9.17, 15) is 0 Å². The molecular weight excluding hydrogens is 208 g/mol. The van der Waals surface area contributed by atoms with Gasteiger partial charge < -0.3 is 10.7 Å². The minimum atomic E-state index is 0.408. The highest BCUT2D eigenvalue weighted by Gasteiger charge is 2.07. The molecule has 1 heterocycles. The zero-order chi connectivity index (χ0) is 11.8. The van der Waals surface area contributed by atoms with Gasteiger partial charge in [-0.25, -0.2) is 0 Å². The number of nitrogens with one attached hydrogen (secondary N) is 1. The number of hydrogen-bond donors (Lipinski definition) is 2. The van der Waals surface area contributed by atoms with Crippen molar-refractivity contribution in [1.82, 2.24) is 4.98 Å². The zero-order valence-corrected chi connectivity index (χ0v) is 9.90. The van der Waals surface area contributed by atoms with Crippen molar-refractivity contribution >= 4 is 21.8 Å². The van der Waals surface area contributed by atoms with E-state index in [0.29, 0.717) is 12.5 Å². The van der Waals surface area contributed by atoms with Crippen LogP contribution >= 0.6 is 0 Å². The van der Waals surface area contributed by atoms with E-state index in [-0.39, 0.29) is 0 Å². The quantitative estimate of drug-likeness (QED) is 0.688. The Morgan fingerprint density at radius 2 is 1.82 bits per heavy atom. The van der Waals surface area contributed by atoms with Crippen molar-refractivity contribution in [2.75, 3.05) is 6.54 Å². The molecule has 1 atom stereocenters. The summed E-state index contributed by atoms with van der Waals surface area (Å²) in [4.78, 5) is 3.46. The van der Waals surface area contributed by atoms with Gasteiger partial charge in [0.2, 0.25) is 0 Å². The Labute approximate surface area is 100 Å². The van der Waals surface area contributed by atoms with Gasteiger partial charge in [-0.1, -0.05) is 37.3 Å². The van der Waals surface area contributed by atoms with Gasteiger partial charge in [-0.15, -0.1) is 0 Å². The molecule has 3 rings (SSSR count). The average Bonchev–Trinajstić information content (AvgIpc) is 2.75. The van der Waals surface area contributed by atoms with Crippen LogP contribution < -0.4 is 5.73 Å². The van der Waals surface area contributed by atoms with Crippen LogP contribution in [0.3, 0.4) is 0 Å². The lowest BCUT2D eigenvalue weighted by Gasteiger charge is -2.08. The summed E-state index contributed by atoms with van der Waals surface area (Å²) in [6.07, 6.45) is 0. The summed E-state index contributed by atoms with van der Waals surface area (Å²) < 4.78 is 0. The van der Waals surface area contributed by atoms with Gasteiger partial charge in [0.05, 0.1) is 0 Å². The maximum Gasteiger partial charge on any atom is 0.0467 e. The van der Waals surface area contributed by atoms with Gasteiger partial charge in [0.25, 0.3) is 0 Å². The van der Waals surface area contributed by atoms with Gasteiger partial charge in [-0.2, -0.15) is 0 Å². The summed E-state index contributed by atoms with van der Waals surface area (Å²) >= 11 is 0. The minimum Gasteiger partial charge on any atom is -0.355 e. The summed E-state index contributed by atoms with van der Waals surface area (Å²) in [5, 5.41) is 2.57. The molecule has 17 heavy (non-hydrogen) atoms. The number of para-hydroxylation sites is 1. The smallest absolute Gasteiger partial charge is 0.0467 e. The fourth-order valence-electron chi connectivity index (χ4n) is 2.31. The highest BCUT2D eigenvalue weighted by atomic mass is 14.7. The van der Waals surface area contributed by atoms with Gasteiger partial charge in [0, 0.05) is 21.8 Å². The standard InChI is InChI=1S/C15H16N2/c1-10(9-16)11-6-7-13-12-4-2-3-5-14(12)17-15(13)8-11/h2-8,10,17H,9,16H2,1H3. The molecule has 2 nitrogen and oxygen atoms in total. The van der Waals surface area contributed by atoms with Crippen LogP contribution in [0.4, 0.5) is 0 Å². The Morgan fingerprint density at radius 1 is 1.06 bits per heavy atom. The van der Waals surface area contributed by atoms with E-state index >= 15 is 0 Å². The Morgan fingerprint density at radius 3 is 2.65 bits per heavy atom. The normalized spacial score (nSPS) is 13.3. The van der Waals surface area contributed by atoms with Crippen LogP contribution in [0, 0.1) is 0 Å². The van der Waals surface area contributed by atoms with Crippen LogP contribution in [0.25, 0.3) is 21.8 Å². The predicted molar refractivity (Wildman–Crippen MR) is 73.3 cm³/mol. The number of fused-ring (bicyclic) bond motifs is 3. The number of aromatic nitrogens is 1. The first-order valence-electron chi connectivity index (χ1n) is 6.00. The monoisotopic (exact) mass is 224 g/mol. The van der Waals surface area contributed by atoms with Crippen molar-refractivity contribution in [2.24, 2.45) is 5.73 Å². The lowest BCUT2D eigenvalue weighted by Crippen LogP contribution is -2.08. The molecule has 0 bridgehead atoms. The fourth-order valence-corrected chi connectivity index (χ4v) is 2.31. The molecule has 2 aromatic carbocycles. The van der Waals surface area contributed by atoms with Crippen LogP contribution in [-0.4, -0.2) is 11.5 Å². The first-order valence-corrected chi connectivity index (χ1v) is 6.00. The molecular formula is C15H16N2. The van der Waals surface area contributed by atoms with E-state index in [1.54, 1.807) is 0 Å². The van der Waals surface area contributed by atoms with Crippen molar-refractivity contribution in [3.05, 3.63) is 48.0 Å². The molecule has 0 aliphatic heterocycles. The fraction of sp³-hybridized carbons (Fsp3) is 0.200. The molecule has 3 N–H and O–H groups in total. The molecule has 1 aromatic heterocycles. The van der Waals surface area contributed by atoms with Gasteiger partial charge in [0.1, 0.15) is 0 Å². The summed E-state index contributed by atoms with van der Waals surface area (Å²) in [6.45, 7) is 2.84. The van der Waals surface area contributed by atoms with Crippen LogP contribution in [0.2, 0.25) is 0 Å². The summed E-state index contributed by atoms with van der Waals surface area (Å²) in [6, 6.07) is 15.0. The molecule has 0 aliphatic carbocycles. The first-order chi connectivity index (χ1) is 8.29. The molecule has 0 amide bonds. The molecule has 3 aromatic rings. The molecule has 0 saturated carbocycles. The zero-order valence-electron chi connectivity index (χ0n) is 9.90. The average molecular weight is 224 g/mol.